The number of imidazole rings is 1. The van der Waals surface area contributed by atoms with Crippen LogP contribution in [-0.2, 0) is 13.1 Å². The molecule has 96 valence electrons. The fourth-order valence-electron chi connectivity index (χ4n) is 2.55. The molecule has 1 aliphatic heterocycles. The highest BCUT2D eigenvalue weighted by Crippen LogP contribution is 2.32. The minimum Gasteiger partial charge on any atom is -0.453 e. The fourth-order valence-corrected chi connectivity index (χ4v) is 2.77. The Morgan fingerprint density at radius 3 is 3.21 bits per heavy atom. The molecule has 0 bridgehead atoms. The van der Waals surface area contributed by atoms with Crippen molar-refractivity contribution in [2.75, 3.05) is 6.54 Å². The van der Waals surface area contributed by atoms with Crippen molar-refractivity contribution in [2.24, 2.45) is 0 Å². The van der Waals surface area contributed by atoms with Crippen molar-refractivity contribution in [3.63, 3.8) is 0 Å². The molecule has 1 aromatic carbocycles. The van der Waals surface area contributed by atoms with Gasteiger partial charge in [-0.05, 0) is 12.1 Å². The molecule has 4 nitrogen and oxygen atoms in total. The van der Waals surface area contributed by atoms with E-state index < -0.39 is 0 Å². The Morgan fingerprint density at radius 2 is 2.32 bits per heavy atom. The molecule has 3 heterocycles. The molecule has 1 N–H and O–H groups in total. The third kappa shape index (κ3) is 1.68. The molecule has 3 aromatic rings. The average Bonchev–Trinajstić information content (AvgIpc) is 3.02. The van der Waals surface area contributed by atoms with Crippen molar-refractivity contribution in [2.45, 2.75) is 13.1 Å². The second-order valence-corrected chi connectivity index (χ2v) is 5.06. The quantitative estimate of drug-likeness (QED) is 0.741. The summed E-state index contributed by atoms with van der Waals surface area (Å²) in [6.07, 6.45) is 1.87. The molecule has 0 fully saturated rings. The van der Waals surface area contributed by atoms with Crippen molar-refractivity contribution in [3.05, 3.63) is 41.3 Å². The number of fused-ring (bicyclic) bond motifs is 2. The number of hydrogen-bond acceptors (Lipinski definition) is 3. The van der Waals surface area contributed by atoms with Gasteiger partial charge in [-0.3, -0.25) is 0 Å². The number of nitrogens with one attached hydrogen (secondary N) is 1. The summed E-state index contributed by atoms with van der Waals surface area (Å²) in [4.78, 5) is 4.43. The second kappa shape index (κ2) is 4.11. The molecule has 0 radical (unpaired) electrons. The first kappa shape index (κ1) is 11.1. The van der Waals surface area contributed by atoms with Gasteiger partial charge in [0.2, 0.25) is 0 Å². The summed E-state index contributed by atoms with van der Waals surface area (Å²) in [6, 6.07) is 7.80. The Morgan fingerprint density at radius 1 is 1.37 bits per heavy atom. The molecule has 0 spiro atoms. The third-order valence-electron chi connectivity index (χ3n) is 3.48. The second-order valence-electron chi connectivity index (χ2n) is 4.66. The van der Waals surface area contributed by atoms with E-state index in [1.807, 2.05) is 30.5 Å². The van der Waals surface area contributed by atoms with Crippen LogP contribution in [0.3, 0.4) is 0 Å². The third-order valence-corrected chi connectivity index (χ3v) is 3.78. The average molecular weight is 274 g/mol. The SMILES string of the molecule is Clc1cccc2cc(-c3cnc4n3CCNC4)oc12. The zero-order chi connectivity index (χ0) is 12.8. The van der Waals surface area contributed by atoms with E-state index in [9.17, 15) is 0 Å². The van der Waals surface area contributed by atoms with E-state index >= 15 is 0 Å². The molecular formula is C14H12ClN3O. The van der Waals surface area contributed by atoms with Gasteiger partial charge in [-0.15, -0.1) is 0 Å². The van der Waals surface area contributed by atoms with E-state index in [0.29, 0.717) is 5.02 Å². The lowest BCUT2D eigenvalue weighted by Crippen LogP contribution is -2.28. The number of nitrogens with zero attached hydrogens (tertiary/aromatic N) is 2. The zero-order valence-electron chi connectivity index (χ0n) is 10.2. The number of para-hydroxylation sites is 1. The predicted octanol–water partition coefficient (Wildman–Crippen LogP) is 3.05. The Balaban J connectivity index is 1.90. The maximum atomic E-state index is 6.15. The fraction of sp³-hybridized carbons (Fsp3) is 0.214. The number of rotatable bonds is 1. The van der Waals surface area contributed by atoms with E-state index in [0.717, 1.165) is 47.9 Å². The van der Waals surface area contributed by atoms with Gasteiger partial charge in [-0.2, -0.15) is 0 Å². The molecule has 0 atom stereocenters. The van der Waals surface area contributed by atoms with Crippen molar-refractivity contribution in [1.29, 1.82) is 0 Å². The minimum absolute atomic E-state index is 0.642. The van der Waals surface area contributed by atoms with Crippen LogP contribution in [0, 0.1) is 0 Å². The van der Waals surface area contributed by atoms with Crippen LogP contribution in [0.4, 0.5) is 0 Å². The lowest BCUT2D eigenvalue weighted by atomic mass is 10.2. The molecule has 0 amide bonds. The van der Waals surface area contributed by atoms with Gasteiger partial charge in [0.25, 0.3) is 0 Å². The number of hydrogen-bond donors (Lipinski definition) is 1. The molecule has 0 unspecified atom stereocenters. The number of benzene rings is 1. The van der Waals surface area contributed by atoms with Gasteiger partial charge in [-0.25, -0.2) is 4.98 Å². The summed E-state index contributed by atoms with van der Waals surface area (Å²) in [6.45, 7) is 2.67. The predicted molar refractivity (Wildman–Crippen MR) is 74.2 cm³/mol. The molecule has 4 rings (SSSR count). The van der Waals surface area contributed by atoms with Crippen molar-refractivity contribution >= 4 is 22.6 Å². The Kier molecular flexibility index (Phi) is 2.40. The molecule has 0 aliphatic carbocycles. The summed E-state index contributed by atoms with van der Waals surface area (Å²) >= 11 is 6.15. The Bertz CT molecular complexity index is 759. The van der Waals surface area contributed by atoms with Crippen LogP contribution >= 0.6 is 11.6 Å². The monoisotopic (exact) mass is 273 g/mol. The molecular weight excluding hydrogens is 262 g/mol. The highest BCUT2D eigenvalue weighted by atomic mass is 35.5. The van der Waals surface area contributed by atoms with Gasteiger partial charge < -0.3 is 14.3 Å². The minimum atomic E-state index is 0.642. The van der Waals surface area contributed by atoms with Gasteiger partial charge in [0.05, 0.1) is 17.8 Å². The van der Waals surface area contributed by atoms with Crippen LogP contribution in [0.5, 0.6) is 0 Å². The van der Waals surface area contributed by atoms with Gasteiger partial charge in [0, 0.05) is 18.5 Å². The van der Waals surface area contributed by atoms with Crippen molar-refractivity contribution in [1.82, 2.24) is 14.9 Å². The van der Waals surface area contributed by atoms with E-state index in [1.54, 1.807) is 0 Å². The molecule has 0 saturated carbocycles. The molecule has 1 aliphatic rings. The van der Waals surface area contributed by atoms with Gasteiger partial charge in [0.1, 0.15) is 11.5 Å². The van der Waals surface area contributed by atoms with Crippen LogP contribution in [0.15, 0.2) is 34.9 Å². The maximum absolute atomic E-state index is 6.15. The maximum Gasteiger partial charge on any atom is 0.153 e. The number of aromatic nitrogens is 2. The molecule has 2 aromatic heterocycles. The van der Waals surface area contributed by atoms with Crippen LogP contribution in [0.2, 0.25) is 5.02 Å². The van der Waals surface area contributed by atoms with Gasteiger partial charge in [-0.1, -0.05) is 23.7 Å². The first-order valence-corrected chi connectivity index (χ1v) is 6.64. The zero-order valence-corrected chi connectivity index (χ0v) is 10.9. The largest absolute Gasteiger partial charge is 0.453 e. The summed E-state index contributed by atoms with van der Waals surface area (Å²) in [5, 5.41) is 4.97. The first-order chi connectivity index (χ1) is 9.33. The summed E-state index contributed by atoms with van der Waals surface area (Å²) < 4.78 is 8.09. The van der Waals surface area contributed by atoms with Gasteiger partial charge in [0.15, 0.2) is 11.3 Å². The highest BCUT2D eigenvalue weighted by Gasteiger charge is 2.18. The summed E-state index contributed by atoms with van der Waals surface area (Å²) in [5.74, 6) is 1.87. The summed E-state index contributed by atoms with van der Waals surface area (Å²) in [7, 11) is 0. The van der Waals surface area contributed by atoms with Crippen LogP contribution in [0.25, 0.3) is 22.4 Å². The molecule has 5 heteroatoms. The topological polar surface area (TPSA) is 43.0 Å². The van der Waals surface area contributed by atoms with Crippen LogP contribution < -0.4 is 5.32 Å². The molecule has 0 saturated heterocycles. The highest BCUT2D eigenvalue weighted by molar-refractivity contribution is 6.34. The Hall–Kier alpha value is -1.78. The van der Waals surface area contributed by atoms with E-state index in [2.05, 4.69) is 14.9 Å². The first-order valence-electron chi connectivity index (χ1n) is 6.26. The normalized spacial score (nSPS) is 14.8. The molecule has 19 heavy (non-hydrogen) atoms. The van der Waals surface area contributed by atoms with Gasteiger partial charge >= 0.3 is 0 Å². The van der Waals surface area contributed by atoms with Crippen LogP contribution in [0.1, 0.15) is 5.82 Å². The number of halogens is 1. The van der Waals surface area contributed by atoms with Crippen LogP contribution in [-0.4, -0.2) is 16.1 Å². The lowest BCUT2D eigenvalue weighted by Gasteiger charge is -2.16. The summed E-state index contributed by atoms with van der Waals surface area (Å²) in [5.41, 5.74) is 1.76. The van der Waals surface area contributed by atoms with E-state index in [4.69, 9.17) is 16.0 Å². The number of furan rings is 1. The lowest BCUT2D eigenvalue weighted by molar-refractivity contribution is 0.503. The van der Waals surface area contributed by atoms with E-state index in [1.165, 1.54) is 0 Å². The van der Waals surface area contributed by atoms with E-state index in [-0.39, 0.29) is 0 Å². The smallest absolute Gasteiger partial charge is 0.153 e. The van der Waals surface area contributed by atoms with Crippen molar-refractivity contribution < 1.29 is 4.42 Å². The standard InChI is InChI=1S/C14H12ClN3O/c15-10-3-1-2-9-6-12(19-14(9)10)11-7-17-13-8-16-4-5-18(11)13/h1-3,6-7,16H,4-5,8H2. The Labute approximate surface area is 115 Å². The van der Waals surface area contributed by atoms with Crippen molar-refractivity contribution in [3.8, 4) is 11.5 Å².